The van der Waals surface area contributed by atoms with Gasteiger partial charge < -0.3 is 5.73 Å². The van der Waals surface area contributed by atoms with E-state index in [4.69, 9.17) is 17.3 Å². The largest absolute Gasteiger partial charge is 0.329 e. The van der Waals surface area contributed by atoms with Gasteiger partial charge in [0.25, 0.3) is 0 Å². The molecule has 0 amide bonds. The van der Waals surface area contributed by atoms with Crippen LogP contribution in [0.4, 0.5) is 0 Å². The fourth-order valence-corrected chi connectivity index (χ4v) is 3.24. The molecule has 0 aliphatic heterocycles. The number of benzene rings is 2. The number of rotatable bonds is 5. The first-order valence-electron chi connectivity index (χ1n) is 6.51. The fourth-order valence-electron chi connectivity index (χ4n) is 2.30. The third-order valence-corrected chi connectivity index (χ3v) is 4.27. The second-order valence-corrected chi connectivity index (χ2v) is 6.11. The van der Waals surface area contributed by atoms with Crippen LogP contribution >= 0.6 is 27.5 Å². The fraction of sp³-hybridized carbons (Fsp3) is 0.250. The van der Waals surface area contributed by atoms with E-state index in [0.29, 0.717) is 6.54 Å². The number of hydrogen-bond donors (Lipinski definition) is 1. The summed E-state index contributed by atoms with van der Waals surface area (Å²) < 4.78 is 1.00. The van der Waals surface area contributed by atoms with Crippen molar-refractivity contribution in [3.63, 3.8) is 0 Å². The van der Waals surface area contributed by atoms with Crippen molar-refractivity contribution in [2.24, 2.45) is 5.73 Å². The highest BCUT2D eigenvalue weighted by Crippen LogP contribution is 2.29. The van der Waals surface area contributed by atoms with Crippen molar-refractivity contribution in [1.29, 1.82) is 0 Å². The average Bonchev–Trinajstić information content (AvgIpc) is 2.43. The second kappa shape index (κ2) is 7.23. The lowest BCUT2D eigenvalue weighted by Gasteiger charge is -2.28. The van der Waals surface area contributed by atoms with Crippen LogP contribution in [-0.4, -0.2) is 18.5 Å². The van der Waals surface area contributed by atoms with Crippen molar-refractivity contribution >= 4 is 27.5 Å². The van der Waals surface area contributed by atoms with Crippen molar-refractivity contribution in [2.75, 3.05) is 13.6 Å². The van der Waals surface area contributed by atoms with Crippen LogP contribution in [0.2, 0.25) is 5.02 Å². The van der Waals surface area contributed by atoms with E-state index in [2.05, 4.69) is 52.1 Å². The predicted octanol–water partition coefficient (Wildman–Crippen LogP) is 4.23. The van der Waals surface area contributed by atoms with Gasteiger partial charge in [-0.3, -0.25) is 4.90 Å². The van der Waals surface area contributed by atoms with Crippen molar-refractivity contribution in [2.45, 2.75) is 12.6 Å². The van der Waals surface area contributed by atoms with Gasteiger partial charge in [-0.05, 0) is 30.3 Å². The van der Waals surface area contributed by atoms with Crippen LogP contribution in [0.5, 0.6) is 0 Å². The number of hydrogen-bond acceptors (Lipinski definition) is 2. The Hall–Kier alpha value is -0.870. The van der Waals surface area contributed by atoms with Gasteiger partial charge in [0.1, 0.15) is 0 Å². The predicted molar refractivity (Wildman–Crippen MR) is 88.9 cm³/mol. The Labute approximate surface area is 133 Å². The highest BCUT2D eigenvalue weighted by molar-refractivity contribution is 9.10. The molecule has 2 nitrogen and oxygen atoms in total. The Kier molecular flexibility index (Phi) is 5.61. The quantitative estimate of drug-likeness (QED) is 0.871. The zero-order valence-electron chi connectivity index (χ0n) is 11.4. The van der Waals surface area contributed by atoms with Gasteiger partial charge in [-0.2, -0.15) is 0 Å². The lowest BCUT2D eigenvalue weighted by Crippen LogP contribution is -2.30. The van der Waals surface area contributed by atoms with E-state index < -0.39 is 0 Å². The first kappa shape index (κ1) is 15.5. The van der Waals surface area contributed by atoms with Gasteiger partial charge in [0, 0.05) is 28.6 Å². The maximum Gasteiger partial charge on any atom is 0.0482 e. The summed E-state index contributed by atoms with van der Waals surface area (Å²) in [6, 6.07) is 16.4. The van der Waals surface area contributed by atoms with Gasteiger partial charge in [-0.25, -0.2) is 0 Å². The monoisotopic (exact) mass is 352 g/mol. The average molecular weight is 354 g/mol. The van der Waals surface area contributed by atoms with Crippen LogP contribution in [0.25, 0.3) is 0 Å². The molecule has 4 heteroatoms. The molecule has 0 aliphatic carbocycles. The molecule has 1 atom stereocenters. The summed E-state index contributed by atoms with van der Waals surface area (Å²) in [5.41, 5.74) is 8.41. The summed E-state index contributed by atoms with van der Waals surface area (Å²) in [6.07, 6.45) is 0. The molecule has 2 N–H and O–H groups in total. The van der Waals surface area contributed by atoms with Crippen LogP contribution < -0.4 is 5.73 Å². The normalized spacial score (nSPS) is 12.7. The Morgan fingerprint density at radius 1 is 1.20 bits per heavy atom. The molecule has 1 unspecified atom stereocenters. The summed E-state index contributed by atoms with van der Waals surface area (Å²) in [7, 11) is 2.09. The van der Waals surface area contributed by atoms with Crippen LogP contribution in [-0.2, 0) is 6.54 Å². The van der Waals surface area contributed by atoms with Crippen molar-refractivity contribution in [3.8, 4) is 0 Å². The molecule has 20 heavy (non-hydrogen) atoms. The van der Waals surface area contributed by atoms with E-state index >= 15 is 0 Å². The molecule has 0 aromatic heterocycles. The van der Waals surface area contributed by atoms with Gasteiger partial charge in [0.05, 0.1) is 0 Å². The molecule has 2 aromatic rings. The summed E-state index contributed by atoms with van der Waals surface area (Å²) in [6.45, 7) is 1.42. The summed E-state index contributed by atoms with van der Waals surface area (Å²) in [5.74, 6) is 0. The molecule has 0 aliphatic rings. The standard InChI is InChI=1S/C16H18BrClN2/c1-20(11-12-5-3-2-4-6-12)16(10-19)14-8-7-13(18)9-15(14)17/h2-9,16H,10-11,19H2,1H3. The van der Waals surface area contributed by atoms with E-state index in [-0.39, 0.29) is 6.04 Å². The Bertz CT molecular complexity index is 560. The first-order chi connectivity index (χ1) is 9.61. The number of likely N-dealkylation sites (N-methyl/N-ethyl adjacent to an activating group) is 1. The maximum absolute atomic E-state index is 6.00. The summed E-state index contributed by atoms with van der Waals surface area (Å²) >= 11 is 9.57. The Morgan fingerprint density at radius 2 is 1.90 bits per heavy atom. The minimum Gasteiger partial charge on any atom is -0.329 e. The minimum absolute atomic E-state index is 0.154. The lowest BCUT2D eigenvalue weighted by atomic mass is 10.0. The molecule has 0 saturated carbocycles. The SMILES string of the molecule is CN(Cc1ccccc1)C(CN)c1ccc(Cl)cc1Br. The third kappa shape index (κ3) is 3.83. The number of nitrogens with zero attached hydrogens (tertiary/aromatic N) is 1. The van der Waals surface area contributed by atoms with E-state index in [0.717, 1.165) is 21.6 Å². The molecule has 0 bridgehead atoms. The zero-order chi connectivity index (χ0) is 14.5. The number of nitrogens with two attached hydrogens (primary N) is 1. The molecule has 0 radical (unpaired) electrons. The van der Waals surface area contributed by atoms with Crippen LogP contribution in [0.15, 0.2) is 53.0 Å². The van der Waals surface area contributed by atoms with E-state index in [1.165, 1.54) is 5.56 Å². The Morgan fingerprint density at radius 3 is 2.50 bits per heavy atom. The van der Waals surface area contributed by atoms with Gasteiger partial charge >= 0.3 is 0 Å². The van der Waals surface area contributed by atoms with E-state index in [9.17, 15) is 0 Å². The van der Waals surface area contributed by atoms with Crippen molar-refractivity contribution in [1.82, 2.24) is 4.90 Å². The molecule has 0 spiro atoms. The van der Waals surface area contributed by atoms with Gasteiger partial charge in [-0.15, -0.1) is 0 Å². The van der Waals surface area contributed by atoms with Gasteiger partial charge in [0.15, 0.2) is 0 Å². The minimum atomic E-state index is 0.154. The first-order valence-corrected chi connectivity index (χ1v) is 7.68. The van der Waals surface area contributed by atoms with E-state index in [1.54, 1.807) is 0 Å². The van der Waals surface area contributed by atoms with Crippen molar-refractivity contribution < 1.29 is 0 Å². The third-order valence-electron chi connectivity index (χ3n) is 3.35. The summed E-state index contributed by atoms with van der Waals surface area (Å²) in [5, 5.41) is 0.724. The molecular weight excluding hydrogens is 336 g/mol. The molecule has 2 rings (SSSR count). The van der Waals surface area contributed by atoms with E-state index in [1.807, 2.05) is 24.3 Å². The van der Waals surface area contributed by atoms with Crippen LogP contribution in [0, 0.1) is 0 Å². The second-order valence-electron chi connectivity index (χ2n) is 4.82. The van der Waals surface area contributed by atoms with Crippen LogP contribution in [0.1, 0.15) is 17.2 Å². The topological polar surface area (TPSA) is 29.3 Å². The molecule has 106 valence electrons. The lowest BCUT2D eigenvalue weighted by molar-refractivity contribution is 0.241. The maximum atomic E-state index is 6.00. The molecule has 0 saturated heterocycles. The summed E-state index contributed by atoms with van der Waals surface area (Å²) in [4.78, 5) is 2.25. The molecular formula is C16H18BrClN2. The van der Waals surface area contributed by atoms with Gasteiger partial charge in [-0.1, -0.05) is 63.9 Å². The van der Waals surface area contributed by atoms with Crippen LogP contribution in [0.3, 0.4) is 0 Å². The highest BCUT2D eigenvalue weighted by Gasteiger charge is 2.18. The molecule has 0 fully saturated rings. The molecule has 2 aromatic carbocycles. The smallest absolute Gasteiger partial charge is 0.0482 e. The highest BCUT2D eigenvalue weighted by atomic mass is 79.9. The van der Waals surface area contributed by atoms with Crippen molar-refractivity contribution in [3.05, 3.63) is 69.2 Å². The zero-order valence-corrected chi connectivity index (χ0v) is 13.7. The van der Waals surface area contributed by atoms with Gasteiger partial charge in [0.2, 0.25) is 0 Å². The molecule has 0 heterocycles. The Balaban J connectivity index is 2.19. The number of halogens is 2.